The zero-order valence-corrected chi connectivity index (χ0v) is 4.25. The number of carboxylic acid groups (broad SMARTS) is 1. The average Bonchev–Trinajstić information content (AvgIpc) is 1.21. The molecule has 0 aliphatic heterocycles. The van der Waals surface area contributed by atoms with Crippen molar-refractivity contribution in [2.24, 2.45) is 0 Å². The molecule has 0 spiro atoms. The topological polar surface area (TPSA) is 101 Å². The van der Waals surface area contributed by atoms with Gasteiger partial charge in [0.2, 0.25) is 0 Å². The van der Waals surface area contributed by atoms with E-state index in [0.29, 0.717) is 0 Å². The third kappa shape index (κ3) is 11.3. The Balaban J connectivity index is 0. The lowest BCUT2D eigenvalue weighted by molar-refractivity contribution is 0.141. The first kappa shape index (κ1) is 11.5. The first-order chi connectivity index (χ1) is 3.42. The van der Waals surface area contributed by atoms with Crippen molar-refractivity contribution < 1.29 is 27.1 Å². The molecule has 0 rings (SSSR count). The number of rotatable bonds is 1. The summed E-state index contributed by atoms with van der Waals surface area (Å²) < 4.78 is 29.2. The Morgan fingerprint density at radius 3 is 1.78 bits per heavy atom. The van der Waals surface area contributed by atoms with Crippen LogP contribution in [0, 0.1) is 0 Å². The van der Waals surface area contributed by atoms with Crippen LogP contribution < -0.4 is 0 Å². The van der Waals surface area contributed by atoms with E-state index in [-0.39, 0.29) is 17.4 Å². The van der Waals surface area contributed by atoms with Gasteiger partial charge in [-0.3, -0.25) is 8.74 Å². The Labute approximate surface area is 61.5 Å². The highest BCUT2D eigenvalue weighted by Gasteiger charge is 2.09. The molecular formula is CH5AlO6S. The standard InChI is InChI=1S/CH2O6S.Al.3H/c2-1(3)7-8(4,5)6;;;;/h(H,2,3)(H,4,5,6);;;;. The van der Waals surface area contributed by atoms with Gasteiger partial charge in [0.25, 0.3) is 0 Å². The zero-order valence-electron chi connectivity index (χ0n) is 3.44. The van der Waals surface area contributed by atoms with E-state index < -0.39 is 16.6 Å². The Kier molecular flexibility index (Phi) is 4.71. The van der Waals surface area contributed by atoms with Crippen molar-refractivity contribution in [3.8, 4) is 0 Å². The molecule has 0 aromatic heterocycles. The van der Waals surface area contributed by atoms with Gasteiger partial charge in [0.1, 0.15) is 0 Å². The van der Waals surface area contributed by atoms with E-state index in [1.165, 1.54) is 0 Å². The fourth-order valence-electron chi connectivity index (χ4n) is 0.0901. The van der Waals surface area contributed by atoms with Gasteiger partial charge in [-0.2, -0.15) is 8.42 Å². The van der Waals surface area contributed by atoms with Crippen molar-refractivity contribution in [1.82, 2.24) is 0 Å². The van der Waals surface area contributed by atoms with Crippen LogP contribution in [0.4, 0.5) is 4.79 Å². The van der Waals surface area contributed by atoms with Crippen molar-refractivity contribution in [3.05, 3.63) is 0 Å². The quantitative estimate of drug-likeness (QED) is 0.361. The second-order valence-electron chi connectivity index (χ2n) is 0.777. The maximum absolute atomic E-state index is 9.39. The molecule has 0 amide bonds. The molecule has 0 aliphatic carbocycles. The van der Waals surface area contributed by atoms with Crippen LogP contribution in [-0.4, -0.2) is 41.6 Å². The molecule has 0 fully saturated rings. The molecule has 2 N–H and O–H groups in total. The summed E-state index contributed by atoms with van der Waals surface area (Å²) in [7, 11) is -4.82. The summed E-state index contributed by atoms with van der Waals surface area (Å²) in [4.78, 5) is 9.25. The predicted octanol–water partition coefficient (Wildman–Crippen LogP) is -1.70. The van der Waals surface area contributed by atoms with Gasteiger partial charge >= 0.3 is 16.6 Å². The second kappa shape index (κ2) is 3.68. The van der Waals surface area contributed by atoms with Gasteiger partial charge in [0.15, 0.2) is 17.4 Å². The van der Waals surface area contributed by atoms with Gasteiger partial charge in [-0.05, 0) is 0 Å². The lowest BCUT2D eigenvalue weighted by atomic mass is 11.5. The van der Waals surface area contributed by atoms with Gasteiger partial charge < -0.3 is 5.11 Å². The highest BCUT2D eigenvalue weighted by Crippen LogP contribution is 1.83. The van der Waals surface area contributed by atoms with Crippen molar-refractivity contribution in [2.75, 3.05) is 0 Å². The van der Waals surface area contributed by atoms with Crippen molar-refractivity contribution in [1.29, 1.82) is 0 Å². The molecule has 0 atom stereocenters. The zero-order chi connectivity index (χ0) is 6.78. The Hall–Kier alpha value is -0.288. The van der Waals surface area contributed by atoms with Crippen molar-refractivity contribution in [3.63, 3.8) is 0 Å². The predicted molar refractivity (Wildman–Crippen MR) is 30.6 cm³/mol. The molecule has 0 saturated carbocycles. The molecule has 0 bridgehead atoms. The van der Waals surface area contributed by atoms with Crippen molar-refractivity contribution >= 4 is 33.9 Å². The van der Waals surface area contributed by atoms with Gasteiger partial charge in [0, 0.05) is 0 Å². The van der Waals surface area contributed by atoms with Crippen LogP contribution in [0.5, 0.6) is 0 Å². The number of hydrogen-bond acceptors (Lipinski definition) is 4. The third-order valence-electron chi connectivity index (χ3n) is 0.177. The fraction of sp³-hybridized carbons (Fsp3) is 0. The summed E-state index contributed by atoms with van der Waals surface area (Å²) in [5, 5.41) is 7.49. The summed E-state index contributed by atoms with van der Waals surface area (Å²) in [5.74, 6) is 0. The average molecular weight is 172 g/mol. The minimum atomic E-state index is -4.82. The minimum absolute atomic E-state index is 0. The SMILES string of the molecule is O=C(O)OS(=O)(=O)O.[AlH3]. The normalized spacial score (nSPS) is 9.44. The highest BCUT2D eigenvalue weighted by atomic mass is 32.3. The van der Waals surface area contributed by atoms with Gasteiger partial charge in [-0.1, -0.05) is 0 Å². The van der Waals surface area contributed by atoms with E-state index >= 15 is 0 Å². The van der Waals surface area contributed by atoms with Gasteiger partial charge in [-0.15, -0.1) is 0 Å². The molecule has 0 aliphatic rings. The molecule has 6 nitrogen and oxygen atoms in total. The lowest BCUT2D eigenvalue weighted by Gasteiger charge is -1.88. The van der Waals surface area contributed by atoms with E-state index in [4.69, 9.17) is 9.66 Å². The smallest absolute Gasteiger partial charge is 0.449 e. The number of hydrogen-bond donors (Lipinski definition) is 2. The molecular weight excluding hydrogens is 167 g/mol. The summed E-state index contributed by atoms with van der Waals surface area (Å²) in [6, 6.07) is 0. The molecule has 0 aromatic rings. The molecule has 54 valence electrons. The van der Waals surface area contributed by atoms with E-state index in [1.807, 2.05) is 0 Å². The van der Waals surface area contributed by atoms with Crippen LogP contribution >= 0.6 is 0 Å². The molecule has 0 radical (unpaired) electrons. The molecule has 0 unspecified atom stereocenters. The fourth-order valence-corrected chi connectivity index (χ4v) is 0.270. The summed E-state index contributed by atoms with van der Waals surface area (Å²) in [5.41, 5.74) is 0. The van der Waals surface area contributed by atoms with Gasteiger partial charge in [-0.25, -0.2) is 4.79 Å². The Morgan fingerprint density at radius 2 is 1.78 bits per heavy atom. The maximum Gasteiger partial charge on any atom is 0.523 e. The molecule has 0 aromatic carbocycles. The Morgan fingerprint density at radius 1 is 1.44 bits per heavy atom. The largest absolute Gasteiger partial charge is 0.523 e. The summed E-state index contributed by atoms with van der Waals surface area (Å²) >= 11 is 0. The van der Waals surface area contributed by atoms with Crippen LogP contribution in [-0.2, 0) is 14.6 Å². The first-order valence-electron chi connectivity index (χ1n) is 1.31. The lowest BCUT2D eigenvalue weighted by Crippen LogP contribution is -2.08. The van der Waals surface area contributed by atoms with Crippen LogP contribution in [0.3, 0.4) is 0 Å². The summed E-state index contributed by atoms with van der Waals surface area (Å²) in [6.45, 7) is 0. The van der Waals surface area contributed by atoms with E-state index in [0.717, 1.165) is 0 Å². The van der Waals surface area contributed by atoms with Crippen LogP contribution in [0.2, 0.25) is 0 Å². The van der Waals surface area contributed by atoms with Crippen molar-refractivity contribution in [2.45, 2.75) is 0 Å². The summed E-state index contributed by atoms with van der Waals surface area (Å²) in [6.07, 6.45) is -2.06. The van der Waals surface area contributed by atoms with E-state index in [9.17, 15) is 13.2 Å². The third-order valence-corrected chi connectivity index (χ3v) is 0.530. The molecule has 0 heterocycles. The maximum atomic E-state index is 9.39. The molecule has 0 saturated heterocycles. The monoisotopic (exact) mass is 172 g/mol. The van der Waals surface area contributed by atoms with Gasteiger partial charge in [0.05, 0.1) is 0 Å². The first-order valence-corrected chi connectivity index (χ1v) is 2.68. The van der Waals surface area contributed by atoms with Crippen LogP contribution in [0.25, 0.3) is 0 Å². The minimum Gasteiger partial charge on any atom is -0.449 e. The highest BCUT2D eigenvalue weighted by molar-refractivity contribution is 7.81. The van der Waals surface area contributed by atoms with E-state index in [2.05, 4.69) is 4.18 Å². The van der Waals surface area contributed by atoms with Crippen LogP contribution in [0.15, 0.2) is 0 Å². The van der Waals surface area contributed by atoms with Crippen LogP contribution in [0.1, 0.15) is 0 Å². The Bertz CT molecular complexity index is 179. The second-order valence-corrected chi connectivity index (χ2v) is 1.80. The van der Waals surface area contributed by atoms with E-state index in [1.54, 1.807) is 0 Å². The molecule has 9 heavy (non-hydrogen) atoms. The number of carbonyl (C=O) groups is 1. The molecule has 8 heteroatoms.